The van der Waals surface area contributed by atoms with Gasteiger partial charge in [-0.1, -0.05) is 12.1 Å². The average Bonchev–Trinajstić information content (AvgIpc) is 2.89. The minimum atomic E-state index is -1.49. The monoisotopic (exact) mass is 310 g/mol. The molecule has 0 aliphatic rings. The number of carboxylic acids is 1. The summed E-state index contributed by atoms with van der Waals surface area (Å²) >= 11 is 0. The number of hydrogen-bond donors (Lipinski definition) is 2. The molecular weight excluding hydrogens is 296 g/mol. The van der Waals surface area contributed by atoms with Crippen LogP contribution in [0, 0.1) is 6.92 Å². The third-order valence-corrected chi connectivity index (χ3v) is 3.70. The van der Waals surface area contributed by atoms with Gasteiger partial charge in [0.15, 0.2) is 0 Å². The Bertz CT molecular complexity index is 910. The van der Waals surface area contributed by atoms with E-state index in [0.29, 0.717) is 16.7 Å². The van der Waals surface area contributed by atoms with E-state index >= 15 is 0 Å². The summed E-state index contributed by atoms with van der Waals surface area (Å²) < 4.78 is 5.14. The van der Waals surface area contributed by atoms with Gasteiger partial charge in [0.2, 0.25) is 0 Å². The molecule has 0 fully saturated rings. The molecule has 6 heteroatoms. The number of nitrogens with zero attached hydrogens (tertiary/aromatic N) is 1. The zero-order valence-corrected chi connectivity index (χ0v) is 12.6. The van der Waals surface area contributed by atoms with E-state index in [1.54, 1.807) is 20.2 Å². The molecule has 0 saturated carbocycles. The van der Waals surface area contributed by atoms with E-state index in [4.69, 9.17) is 9.84 Å². The van der Waals surface area contributed by atoms with Crippen molar-refractivity contribution in [2.45, 2.75) is 6.92 Å². The third kappa shape index (κ3) is 2.44. The van der Waals surface area contributed by atoms with Gasteiger partial charge in [-0.05, 0) is 30.7 Å². The lowest BCUT2D eigenvalue weighted by Crippen LogP contribution is -2.13. The van der Waals surface area contributed by atoms with Crippen molar-refractivity contribution in [3.63, 3.8) is 0 Å². The van der Waals surface area contributed by atoms with E-state index in [1.807, 2.05) is 30.3 Å². The molecule has 0 saturated heterocycles. The highest BCUT2D eigenvalue weighted by molar-refractivity contribution is 6.42. The smallest absolute Gasteiger partial charge is 0.377 e. The fourth-order valence-corrected chi connectivity index (χ4v) is 2.60. The van der Waals surface area contributed by atoms with Crippen molar-refractivity contribution in [3.8, 4) is 16.9 Å². The maximum atomic E-state index is 11.9. The molecule has 2 heterocycles. The number of aromatic nitrogens is 2. The minimum Gasteiger partial charge on any atom is -0.497 e. The number of ether oxygens (including phenoxy) is 1. The number of pyridine rings is 1. The summed E-state index contributed by atoms with van der Waals surface area (Å²) in [6, 6.07) is 9.27. The van der Waals surface area contributed by atoms with Gasteiger partial charge in [-0.2, -0.15) is 0 Å². The number of carbonyl (C=O) groups excluding carboxylic acids is 1. The predicted octanol–water partition coefficient (Wildman–Crippen LogP) is 2.81. The summed E-state index contributed by atoms with van der Waals surface area (Å²) in [5.74, 6) is -1.72. The topological polar surface area (TPSA) is 92.3 Å². The summed E-state index contributed by atoms with van der Waals surface area (Å²) in [5.41, 5.74) is 3.34. The summed E-state index contributed by atoms with van der Waals surface area (Å²) in [6.45, 7) is 1.66. The Labute approximate surface area is 131 Å². The quantitative estimate of drug-likeness (QED) is 0.571. The van der Waals surface area contributed by atoms with Crippen LogP contribution in [0.15, 0.2) is 36.5 Å². The molecule has 0 atom stereocenters. The largest absolute Gasteiger partial charge is 0.497 e. The van der Waals surface area contributed by atoms with Crippen molar-refractivity contribution in [1.82, 2.24) is 9.97 Å². The fourth-order valence-electron chi connectivity index (χ4n) is 2.60. The molecule has 1 aromatic carbocycles. The number of benzene rings is 1. The molecule has 3 aromatic rings. The Hall–Kier alpha value is -3.15. The second-order valence-electron chi connectivity index (χ2n) is 5.07. The number of hydrogen-bond acceptors (Lipinski definition) is 4. The lowest BCUT2D eigenvalue weighted by Gasteiger charge is -2.05. The highest BCUT2D eigenvalue weighted by Crippen LogP contribution is 2.31. The molecule has 116 valence electrons. The summed E-state index contributed by atoms with van der Waals surface area (Å²) in [5, 5.41) is 8.98. The van der Waals surface area contributed by atoms with Gasteiger partial charge in [0.1, 0.15) is 11.3 Å². The Morgan fingerprint density at radius 3 is 2.48 bits per heavy atom. The van der Waals surface area contributed by atoms with Crippen LogP contribution in [0.3, 0.4) is 0 Å². The number of aromatic amines is 1. The average molecular weight is 310 g/mol. The first-order valence-electron chi connectivity index (χ1n) is 6.92. The molecular formula is C17H14N2O4. The van der Waals surface area contributed by atoms with Gasteiger partial charge in [-0.25, -0.2) is 4.79 Å². The van der Waals surface area contributed by atoms with E-state index in [2.05, 4.69) is 9.97 Å². The SMILES string of the molecule is COc1ccc(-c2ccnc3c(C(=O)C(=O)O)c(C)[nH]c23)cc1. The molecule has 2 N–H and O–H groups in total. The van der Waals surface area contributed by atoms with Gasteiger partial charge < -0.3 is 14.8 Å². The van der Waals surface area contributed by atoms with Gasteiger partial charge in [0, 0.05) is 17.5 Å². The highest BCUT2D eigenvalue weighted by atomic mass is 16.5. The minimum absolute atomic E-state index is 0.0999. The molecule has 2 aromatic heterocycles. The van der Waals surface area contributed by atoms with Crippen molar-refractivity contribution in [2.75, 3.05) is 7.11 Å². The van der Waals surface area contributed by atoms with E-state index in [9.17, 15) is 9.59 Å². The number of aryl methyl sites for hydroxylation is 1. The normalized spacial score (nSPS) is 10.7. The zero-order chi connectivity index (χ0) is 16.6. The molecule has 0 amide bonds. The molecule has 0 aliphatic carbocycles. The number of nitrogens with one attached hydrogen (secondary N) is 1. The standard InChI is InChI=1S/C17H14N2O4/c1-9-13(16(20)17(21)22)15-14(19-9)12(7-8-18-15)10-3-5-11(23-2)6-4-10/h3-8,19H,1-2H3,(H,21,22). The second kappa shape index (κ2) is 5.57. The maximum absolute atomic E-state index is 11.9. The lowest BCUT2D eigenvalue weighted by atomic mass is 10.0. The molecule has 0 radical (unpaired) electrons. The highest BCUT2D eigenvalue weighted by Gasteiger charge is 2.24. The molecule has 0 aliphatic heterocycles. The van der Waals surface area contributed by atoms with Crippen molar-refractivity contribution in [2.24, 2.45) is 0 Å². The van der Waals surface area contributed by atoms with Crippen LogP contribution in [0.25, 0.3) is 22.2 Å². The van der Waals surface area contributed by atoms with Crippen LogP contribution in [0.4, 0.5) is 0 Å². The van der Waals surface area contributed by atoms with Gasteiger partial charge in [-0.3, -0.25) is 9.78 Å². The molecule has 3 rings (SSSR count). The van der Waals surface area contributed by atoms with Crippen LogP contribution in [-0.2, 0) is 4.79 Å². The van der Waals surface area contributed by atoms with Gasteiger partial charge in [-0.15, -0.1) is 0 Å². The number of carbonyl (C=O) groups is 2. The summed E-state index contributed by atoms with van der Waals surface area (Å²) in [4.78, 5) is 30.2. The number of ketones is 1. The number of carboxylic acid groups (broad SMARTS) is 1. The van der Waals surface area contributed by atoms with Crippen molar-refractivity contribution < 1.29 is 19.4 Å². The van der Waals surface area contributed by atoms with Crippen LogP contribution < -0.4 is 4.74 Å². The van der Waals surface area contributed by atoms with Crippen molar-refractivity contribution in [1.29, 1.82) is 0 Å². The van der Waals surface area contributed by atoms with E-state index in [-0.39, 0.29) is 5.56 Å². The first-order chi connectivity index (χ1) is 11.0. The third-order valence-electron chi connectivity index (χ3n) is 3.70. The Kier molecular flexibility index (Phi) is 3.57. The van der Waals surface area contributed by atoms with Gasteiger partial charge in [0.25, 0.3) is 5.78 Å². The van der Waals surface area contributed by atoms with Gasteiger partial charge in [0.05, 0.1) is 18.2 Å². The van der Waals surface area contributed by atoms with E-state index in [0.717, 1.165) is 16.9 Å². The Balaban J connectivity index is 2.21. The summed E-state index contributed by atoms with van der Waals surface area (Å²) in [7, 11) is 1.60. The molecule has 0 bridgehead atoms. The number of H-pyrrole nitrogens is 1. The predicted molar refractivity (Wildman–Crippen MR) is 84.8 cm³/mol. The van der Waals surface area contributed by atoms with Crippen LogP contribution in [0.2, 0.25) is 0 Å². The molecule has 0 spiro atoms. The molecule has 6 nitrogen and oxygen atoms in total. The van der Waals surface area contributed by atoms with Crippen LogP contribution in [0.5, 0.6) is 5.75 Å². The maximum Gasteiger partial charge on any atom is 0.377 e. The lowest BCUT2D eigenvalue weighted by molar-refractivity contribution is -0.131. The molecule has 0 unspecified atom stereocenters. The Morgan fingerprint density at radius 2 is 1.87 bits per heavy atom. The first kappa shape index (κ1) is 14.8. The number of Topliss-reactive ketones (excluding diaryl/α,β-unsaturated/α-hetero) is 1. The second-order valence-corrected chi connectivity index (χ2v) is 5.07. The van der Waals surface area contributed by atoms with Crippen LogP contribution in [-0.4, -0.2) is 33.9 Å². The van der Waals surface area contributed by atoms with E-state index < -0.39 is 11.8 Å². The number of aliphatic carboxylic acids is 1. The van der Waals surface area contributed by atoms with Crippen LogP contribution in [0.1, 0.15) is 16.1 Å². The summed E-state index contributed by atoms with van der Waals surface area (Å²) in [6.07, 6.45) is 1.56. The van der Waals surface area contributed by atoms with Gasteiger partial charge >= 0.3 is 5.97 Å². The Morgan fingerprint density at radius 1 is 1.17 bits per heavy atom. The first-order valence-corrected chi connectivity index (χ1v) is 6.92. The van der Waals surface area contributed by atoms with Crippen LogP contribution >= 0.6 is 0 Å². The van der Waals surface area contributed by atoms with E-state index in [1.165, 1.54) is 0 Å². The zero-order valence-electron chi connectivity index (χ0n) is 12.6. The molecule has 23 heavy (non-hydrogen) atoms. The van der Waals surface area contributed by atoms with Crippen molar-refractivity contribution >= 4 is 22.8 Å². The number of methoxy groups -OCH3 is 1. The number of rotatable bonds is 4. The fraction of sp³-hybridized carbons (Fsp3) is 0.118. The number of fused-ring (bicyclic) bond motifs is 1. The van der Waals surface area contributed by atoms with Crippen molar-refractivity contribution in [3.05, 3.63) is 47.8 Å².